The Balaban J connectivity index is 2.25. The minimum absolute atomic E-state index is 0.0113. The lowest BCUT2D eigenvalue weighted by Gasteiger charge is -2.23. The van der Waals surface area contributed by atoms with Gasteiger partial charge in [0.15, 0.2) is 11.5 Å². The molecule has 2 aromatic carbocycles. The molecule has 0 radical (unpaired) electrons. The van der Waals surface area contributed by atoms with Gasteiger partial charge in [-0.1, -0.05) is 50.6 Å². The molecule has 128 valence electrons. The van der Waals surface area contributed by atoms with E-state index in [0.717, 1.165) is 12.0 Å². The van der Waals surface area contributed by atoms with Crippen LogP contribution < -0.4 is 14.8 Å². The third-order valence-electron chi connectivity index (χ3n) is 4.31. The van der Waals surface area contributed by atoms with Crippen molar-refractivity contribution in [1.82, 2.24) is 0 Å². The predicted molar refractivity (Wildman–Crippen MR) is 96.8 cm³/mol. The van der Waals surface area contributed by atoms with Crippen molar-refractivity contribution in [2.75, 3.05) is 19.5 Å². The highest BCUT2D eigenvalue weighted by molar-refractivity contribution is 5.96. The van der Waals surface area contributed by atoms with Gasteiger partial charge in [-0.3, -0.25) is 4.79 Å². The Bertz CT molecular complexity index is 670. The number of hydrogen-bond donors (Lipinski definition) is 1. The molecule has 0 aliphatic rings. The molecule has 0 saturated carbocycles. The number of anilines is 1. The van der Waals surface area contributed by atoms with E-state index in [1.54, 1.807) is 26.4 Å². The second-order valence-electron chi connectivity index (χ2n) is 5.83. The number of carbonyl (C=O) groups is 1. The molecule has 4 heteroatoms. The van der Waals surface area contributed by atoms with E-state index in [2.05, 4.69) is 19.2 Å². The smallest absolute Gasteiger partial charge is 0.232 e. The fraction of sp³-hybridized carbons (Fsp3) is 0.350. The van der Waals surface area contributed by atoms with E-state index in [1.165, 1.54) is 0 Å². The maximum atomic E-state index is 12.9. The lowest BCUT2D eigenvalue weighted by molar-refractivity contribution is -0.118. The van der Waals surface area contributed by atoms with Gasteiger partial charge in [-0.2, -0.15) is 0 Å². The van der Waals surface area contributed by atoms with E-state index >= 15 is 0 Å². The fourth-order valence-electron chi connectivity index (χ4n) is 2.77. The van der Waals surface area contributed by atoms with Crippen molar-refractivity contribution in [3.8, 4) is 11.5 Å². The van der Waals surface area contributed by atoms with E-state index in [9.17, 15) is 4.79 Å². The first kappa shape index (κ1) is 17.9. The first-order valence-electron chi connectivity index (χ1n) is 8.18. The number of rotatable bonds is 7. The van der Waals surface area contributed by atoms with E-state index < -0.39 is 0 Å². The number of amides is 1. The molecular weight excluding hydrogens is 302 g/mol. The van der Waals surface area contributed by atoms with Crippen LogP contribution in [0.5, 0.6) is 11.5 Å². The minimum Gasteiger partial charge on any atom is -0.493 e. The molecule has 4 nitrogen and oxygen atoms in total. The third-order valence-corrected chi connectivity index (χ3v) is 4.31. The molecule has 0 saturated heterocycles. The van der Waals surface area contributed by atoms with Gasteiger partial charge in [-0.25, -0.2) is 0 Å². The zero-order valence-electron chi connectivity index (χ0n) is 14.7. The number of ether oxygens (including phenoxy) is 2. The molecule has 0 bridgehead atoms. The summed E-state index contributed by atoms with van der Waals surface area (Å²) in [4.78, 5) is 12.9. The molecule has 0 fully saturated rings. The van der Waals surface area contributed by atoms with Crippen molar-refractivity contribution in [2.24, 2.45) is 5.92 Å². The topological polar surface area (TPSA) is 47.6 Å². The molecule has 0 aliphatic carbocycles. The molecule has 0 heterocycles. The molecule has 0 unspecified atom stereocenters. The fourth-order valence-corrected chi connectivity index (χ4v) is 2.77. The van der Waals surface area contributed by atoms with E-state index in [-0.39, 0.29) is 17.7 Å². The van der Waals surface area contributed by atoms with Crippen LogP contribution in [0.4, 0.5) is 5.69 Å². The molecule has 0 spiro atoms. The van der Waals surface area contributed by atoms with Crippen LogP contribution in [-0.2, 0) is 4.79 Å². The zero-order valence-corrected chi connectivity index (χ0v) is 14.7. The summed E-state index contributed by atoms with van der Waals surface area (Å²) in [6.45, 7) is 4.20. The summed E-state index contributed by atoms with van der Waals surface area (Å²) in [6, 6.07) is 15.3. The van der Waals surface area contributed by atoms with Gasteiger partial charge in [0.1, 0.15) is 0 Å². The Hall–Kier alpha value is -2.49. The first-order chi connectivity index (χ1) is 11.6. The Labute approximate surface area is 143 Å². The van der Waals surface area contributed by atoms with Crippen LogP contribution in [0, 0.1) is 5.92 Å². The molecule has 2 rings (SSSR count). The average molecular weight is 327 g/mol. The summed E-state index contributed by atoms with van der Waals surface area (Å²) < 4.78 is 10.5. The molecule has 2 atom stereocenters. The number of carbonyl (C=O) groups excluding carboxylic acids is 1. The predicted octanol–water partition coefficient (Wildman–Crippen LogP) is 4.47. The molecule has 2 aromatic rings. The van der Waals surface area contributed by atoms with Crippen molar-refractivity contribution in [1.29, 1.82) is 0 Å². The van der Waals surface area contributed by atoms with Crippen LogP contribution in [0.15, 0.2) is 48.5 Å². The van der Waals surface area contributed by atoms with Crippen LogP contribution in [0.1, 0.15) is 31.7 Å². The van der Waals surface area contributed by atoms with Gasteiger partial charge in [0.25, 0.3) is 0 Å². The molecular formula is C20H25NO3. The van der Waals surface area contributed by atoms with Crippen LogP contribution in [-0.4, -0.2) is 20.1 Å². The summed E-state index contributed by atoms with van der Waals surface area (Å²) >= 11 is 0. The SMILES string of the molecule is CC[C@H](C)[C@H](C(=O)Nc1ccc(OC)c(OC)c1)c1ccccc1. The Morgan fingerprint density at radius 2 is 1.71 bits per heavy atom. The highest BCUT2D eigenvalue weighted by Crippen LogP contribution is 2.32. The Kier molecular flexibility index (Phi) is 6.24. The quantitative estimate of drug-likeness (QED) is 0.816. The van der Waals surface area contributed by atoms with E-state index in [0.29, 0.717) is 17.2 Å². The van der Waals surface area contributed by atoms with Crippen molar-refractivity contribution < 1.29 is 14.3 Å². The summed E-state index contributed by atoms with van der Waals surface area (Å²) in [5.74, 6) is 1.27. The van der Waals surface area contributed by atoms with Gasteiger partial charge in [0.05, 0.1) is 20.1 Å². The van der Waals surface area contributed by atoms with Gasteiger partial charge >= 0.3 is 0 Å². The summed E-state index contributed by atoms with van der Waals surface area (Å²) in [5.41, 5.74) is 1.73. The standard InChI is InChI=1S/C20H25NO3/c1-5-14(2)19(15-9-7-6-8-10-15)20(22)21-16-11-12-17(23-3)18(13-16)24-4/h6-14,19H,5H2,1-4H3,(H,21,22)/t14-,19-/m0/s1. The summed E-state index contributed by atoms with van der Waals surface area (Å²) in [6.07, 6.45) is 0.929. The maximum Gasteiger partial charge on any atom is 0.232 e. The zero-order chi connectivity index (χ0) is 17.5. The average Bonchev–Trinajstić information content (AvgIpc) is 2.62. The number of methoxy groups -OCH3 is 2. The largest absolute Gasteiger partial charge is 0.493 e. The molecule has 0 aromatic heterocycles. The number of benzene rings is 2. The Morgan fingerprint density at radius 3 is 2.29 bits per heavy atom. The Morgan fingerprint density at radius 1 is 1.04 bits per heavy atom. The lowest BCUT2D eigenvalue weighted by atomic mass is 9.85. The van der Waals surface area contributed by atoms with Crippen LogP contribution in [0.25, 0.3) is 0 Å². The highest BCUT2D eigenvalue weighted by atomic mass is 16.5. The number of hydrogen-bond acceptors (Lipinski definition) is 3. The third kappa shape index (κ3) is 4.07. The van der Waals surface area contributed by atoms with Crippen LogP contribution in [0.2, 0.25) is 0 Å². The minimum atomic E-state index is -0.190. The monoisotopic (exact) mass is 327 g/mol. The molecule has 1 amide bonds. The van der Waals surface area contributed by atoms with Gasteiger partial charge < -0.3 is 14.8 Å². The van der Waals surface area contributed by atoms with Crippen molar-refractivity contribution in [3.05, 3.63) is 54.1 Å². The van der Waals surface area contributed by atoms with Crippen molar-refractivity contribution >= 4 is 11.6 Å². The summed E-state index contributed by atoms with van der Waals surface area (Å²) in [7, 11) is 3.17. The van der Waals surface area contributed by atoms with Gasteiger partial charge in [-0.05, 0) is 23.6 Å². The van der Waals surface area contributed by atoms with Gasteiger partial charge in [-0.15, -0.1) is 0 Å². The van der Waals surface area contributed by atoms with E-state index in [4.69, 9.17) is 9.47 Å². The van der Waals surface area contributed by atoms with Crippen LogP contribution in [0.3, 0.4) is 0 Å². The first-order valence-corrected chi connectivity index (χ1v) is 8.18. The molecule has 24 heavy (non-hydrogen) atoms. The van der Waals surface area contributed by atoms with Gasteiger partial charge in [0.2, 0.25) is 5.91 Å². The maximum absolute atomic E-state index is 12.9. The second kappa shape index (κ2) is 8.39. The van der Waals surface area contributed by atoms with Gasteiger partial charge in [0, 0.05) is 11.8 Å². The van der Waals surface area contributed by atoms with Crippen LogP contribution >= 0.6 is 0 Å². The van der Waals surface area contributed by atoms with E-state index in [1.807, 2.05) is 36.4 Å². The molecule has 1 N–H and O–H groups in total. The van der Waals surface area contributed by atoms with Crippen molar-refractivity contribution in [3.63, 3.8) is 0 Å². The normalized spacial score (nSPS) is 13.0. The molecule has 0 aliphatic heterocycles. The highest BCUT2D eigenvalue weighted by Gasteiger charge is 2.26. The lowest BCUT2D eigenvalue weighted by Crippen LogP contribution is -2.26. The van der Waals surface area contributed by atoms with Crippen molar-refractivity contribution in [2.45, 2.75) is 26.2 Å². The number of nitrogens with one attached hydrogen (secondary N) is 1. The summed E-state index contributed by atoms with van der Waals surface area (Å²) in [5, 5.41) is 3.01. The second-order valence-corrected chi connectivity index (χ2v) is 5.83.